The fraction of sp³-hybridized carbons (Fsp3) is 0.654. The van der Waals surface area contributed by atoms with E-state index in [0.717, 1.165) is 45.5 Å². The fourth-order valence-corrected chi connectivity index (χ4v) is 5.05. The van der Waals surface area contributed by atoms with Crippen molar-refractivity contribution in [3.05, 3.63) is 41.5 Å². The molecule has 1 aromatic rings. The lowest BCUT2D eigenvalue weighted by Gasteiger charge is -2.37. The van der Waals surface area contributed by atoms with Gasteiger partial charge in [-0.3, -0.25) is 0 Å². The highest BCUT2D eigenvalue weighted by atomic mass is 28.4. The van der Waals surface area contributed by atoms with E-state index in [9.17, 15) is 4.79 Å². The summed E-state index contributed by atoms with van der Waals surface area (Å²) >= 11 is 0. The van der Waals surface area contributed by atoms with Crippen LogP contribution in [-0.4, -0.2) is 57.7 Å². The molecule has 3 rings (SSSR count). The molecule has 1 heterocycles. The van der Waals surface area contributed by atoms with E-state index in [4.69, 9.17) is 9.16 Å². The van der Waals surface area contributed by atoms with Gasteiger partial charge in [0.05, 0.1) is 0 Å². The fourth-order valence-electron chi connectivity index (χ4n) is 4.01. The Hall–Kier alpha value is -1.63. The van der Waals surface area contributed by atoms with Crippen LogP contribution >= 0.6 is 0 Å². The first kappa shape index (κ1) is 25.0. The van der Waals surface area contributed by atoms with Crippen LogP contribution in [0, 0.1) is 5.92 Å². The van der Waals surface area contributed by atoms with Crippen LogP contribution in [0.15, 0.2) is 35.9 Å². The zero-order valence-corrected chi connectivity index (χ0v) is 21.8. The van der Waals surface area contributed by atoms with Crippen LogP contribution in [0.25, 0.3) is 6.08 Å². The summed E-state index contributed by atoms with van der Waals surface area (Å²) < 4.78 is 12.0. The van der Waals surface area contributed by atoms with E-state index < -0.39 is 8.32 Å². The van der Waals surface area contributed by atoms with Crippen LogP contribution in [0.2, 0.25) is 18.1 Å². The second-order valence-electron chi connectivity index (χ2n) is 10.9. The van der Waals surface area contributed by atoms with Crippen LogP contribution < -0.4 is 5.32 Å². The highest BCUT2D eigenvalue weighted by Crippen LogP contribution is 2.38. The summed E-state index contributed by atoms with van der Waals surface area (Å²) in [6.45, 7) is 17.3. The van der Waals surface area contributed by atoms with Crippen molar-refractivity contribution in [2.75, 3.05) is 26.2 Å². The van der Waals surface area contributed by atoms with E-state index in [0.29, 0.717) is 5.92 Å². The van der Waals surface area contributed by atoms with Crippen molar-refractivity contribution in [2.24, 2.45) is 5.92 Å². The largest absolute Gasteiger partial charge is 0.446 e. The molecule has 2 aliphatic rings. The van der Waals surface area contributed by atoms with Gasteiger partial charge < -0.3 is 19.4 Å². The second kappa shape index (κ2) is 10.5. The Bertz CT molecular complexity index is 780. The molecule has 0 radical (unpaired) electrons. The van der Waals surface area contributed by atoms with Gasteiger partial charge in [-0.1, -0.05) is 62.8 Å². The number of amides is 1. The van der Waals surface area contributed by atoms with E-state index in [2.05, 4.69) is 69.2 Å². The lowest BCUT2D eigenvalue weighted by molar-refractivity contribution is 0.0463. The number of likely N-dealkylation sites (tertiary alicyclic amines) is 1. The zero-order valence-electron chi connectivity index (χ0n) is 20.8. The molecule has 1 N–H and O–H groups in total. The van der Waals surface area contributed by atoms with Crippen LogP contribution in [0.5, 0.6) is 0 Å². The van der Waals surface area contributed by atoms with Crippen molar-refractivity contribution >= 4 is 20.5 Å². The van der Waals surface area contributed by atoms with Crippen molar-refractivity contribution < 1.29 is 14.0 Å². The average molecular weight is 459 g/mol. The molecule has 1 aliphatic heterocycles. The van der Waals surface area contributed by atoms with Gasteiger partial charge in [0.2, 0.25) is 0 Å². The number of nitrogens with one attached hydrogen (secondary N) is 1. The molecular formula is C26H42N2O3Si. The van der Waals surface area contributed by atoms with Gasteiger partial charge in [0.15, 0.2) is 8.32 Å². The summed E-state index contributed by atoms with van der Waals surface area (Å²) in [5.41, 5.74) is 2.52. The lowest BCUT2D eigenvalue weighted by Crippen LogP contribution is -2.45. The second-order valence-corrected chi connectivity index (χ2v) is 15.8. The van der Waals surface area contributed by atoms with Crippen LogP contribution in [-0.2, 0) is 9.16 Å². The summed E-state index contributed by atoms with van der Waals surface area (Å²) in [6.07, 6.45) is 4.76. The normalized spacial score (nSPS) is 23.1. The number of ether oxygens (including phenoxy) is 1. The molecule has 5 nitrogen and oxygen atoms in total. The number of hydrogen-bond donors (Lipinski definition) is 1. The monoisotopic (exact) mass is 458 g/mol. The number of piperidine rings is 1. The van der Waals surface area contributed by atoms with Crippen molar-refractivity contribution in [1.82, 2.24) is 10.2 Å². The molecule has 1 aliphatic carbocycles. The number of rotatable bonds is 8. The lowest BCUT2D eigenvalue weighted by atomic mass is 10.1. The molecule has 0 spiro atoms. The zero-order chi connectivity index (χ0) is 23.4. The van der Waals surface area contributed by atoms with E-state index in [-0.39, 0.29) is 23.3 Å². The third-order valence-corrected chi connectivity index (χ3v) is 11.9. The Labute approximate surface area is 195 Å². The molecule has 0 bridgehead atoms. The van der Waals surface area contributed by atoms with Crippen molar-refractivity contribution in [2.45, 2.75) is 77.2 Å². The van der Waals surface area contributed by atoms with Crippen molar-refractivity contribution in [1.29, 1.82) is 0 Å². The Morgan fingerprint density at radius 2 is 1.84 bits per heavy atom. The first-order chi connectivity index (χ1) is 15.0. The maximum atomic E-state index is 12.4. The maximum absolute atomic E-state index is 12.4. The quantitative estimate of drug-likeness (QED) is 0.508. The minimum absolute atomic E-state index is 0.0192. The molecule has 0 aromatic heterocycles. The van der Waals surface area contributed by atoms with Gasteiger partial charge in [0.25, 0.3) is 0 Å². The summed E-state index contributed by atoms with van der Waals surface area (Å²) in [6, 6.07) is 10.5. The van der Waals surface area contributed by atoms with Gasteiger partial charge in [-0.25, -0.2) is 4.79 Å². The van der Waals surface area contributed by atoms with Gasteiger partial charge >= 0.3 is 6.09 Å². The molecule has 1 aromatic carbocycles. The molecule has 1 saturated heterocycles. The average Bonchev–Trinajstić information content (AvgIpc) is 3.48. The summed E-state index contributed by atoms with van der Waals surface area (Å²) in [5.74, 6) is 0.422. The SMILES string of the molecule is C/C(=C\c1ccccc1)[C@@H]1C[C@H]1NC(=O)OC1CCN(CCO[Si](C)(C)C(C)(C)C)CC1. The summed E-state index contributed by atoms with van der Waals surface area (Å²) in [5, 5.41) is 3.31. The molecule has 6 heteroatoms. The molecule has 32 heavy (non-hydrogen) atoms. The number of alkyl carbamates (subject to hydrolysis) is 1. The van der Waals surface area contributed by atoms with Gasteiger partial charge in [-0.05, 0) is 49.9 Å². The van der Waals surface area contributed by atoms with Crippen molar-refractivity contribution in [3.8, 4) is 0 Å². The first-order valence-electron chi connectivity index (χ1n) is 12.1. The van der Waals surface area contributed by atoms with Gasteiger partial charge in [-0.2, -0.15) is 0 Å². The summed E-state index contributed by atoms with van der Waals surface area (Å²) in [7, 11) is -1.68. The highest BCUT2D eigenvalue weighted by molar-refractivity contribution is 6.74. The van der Waals surface area contributed by atoms with Crippen LogP contribution in [0.4, 0.5) is 4.79 Å². The maximum Gasteiger partial charge on any atom is 0.407 e. The molecular weight excluding hydrogens is 416 g/mol. The predicted molar refractivity (Wildman–Crippen MR) is 134 cm³/mol. The van der Waals surface area contributed by atoms with Gasteiger partial charge in [0, 0.05) is 38.2 Å². The Morgan fingerprint density at radius 3 is 2.47 bits per heavy atom. The number of benzene rings is 1. The molecule has 2 fully saturated rings. The minimum atomic E-state index is -1.68. The Kier molecular flexibility index (Phi) is 8.23. The molecule has 2 atom stereocenters. The van der Waals surface area contributed by atoms with E-state index >= 15 is 0 Å². The van der Waals surface area contributed by atoms with E-state index in [1.807, 2.05) is 18.2 Å². The van der Waals surface area contributed by atoms with E-state index in [1.165, 1.54) is 11.1 Å². The smallest absolute Gasteiger partial charge is 0.407 e. The number of hydrogen-bond acceptors (Lipinski definition) is 4. The van der Waals surface area contributed by atoms with Gasteiger partial charge in [0.1, 0.15) is 6.10 Å². The number of carbonyl (C=O) groups is 1. The van der Waals surface area contributed by atoms with E-state index in [1.54, 1.807) is 0 Å². The van der Waals surface area contributed by atoms with Crippen LogP contribution in [0.3, 0.4) is 0 Å². The van der Waals surface area contributed by atoms with Crippen LogP contribution in [0.1, 0.15) is 52.5 Å². The molecule has 1 amide bonds. The first-order valence-corrected chi connectivity index (χ1v) is 15.0. The Balaban J connectivity index is 1.32. The molecule has 178 valence electrons. The third kappa shape index (κ3) is 7.19. The predicted octanol–water partition coefficient (Wildman–Crippen LogP) is 5.69. The topological polar surface area (TPSA) is 50.8 Å². The molecule has 1 saturated carbocycles. The summed E-state index contributed by atoms with van der Waals surface area (Å²) in [4.78, 5) is 14.8. The number of nitrogens with zero attached hydrogens (tertiary/aromatic N) is 1. The number of carbonyl (C=O) groups excluding carboxylic acids is 1. The Morgan fingerprint density at radius 1 is 1.19 bits per heavy atom. The highest BCUT2D eigenvalue weighted by Gasteiger charge is 2.40. The van der Waals surface area contributed by atoms with Gasteiger partial charge in [-0.15, -0.1) is 0 Å². The van der Waals surface area contributed by atoms with Crippen molar-refractivity contribution in [3.63, 3.8) is 0 Å². The third-order valence-electron chi connectivity index (χ3n) is 7.36. The standard InChI is InChI=1S/C26H42N2O3Si/c1-20(18-21-10-8-7-9-11-21)23-19-24(23)27-25(29)31-22-12-14-28(15-13-22)16-17-30-32(5,6)26(2,3)4/h7-11,18,22-24H,12-17,19H2,1-6H3,(H,27,29)/b20-18+/t23-,24+/m0/s1. The molecule has 0 unspecified atom stereocenters. The minimum Gasteiger partial charge on any atom is -0.446 e.